The molecular formula is C20H16FN3OS. The van der Waals surface area contributed by atoms with Gasteiger partial charge in [-0.05, 0) is 42.8 Å². The summed E-state index contributed by atoms with van der Waals surface area (Å²) >= 11 is 1.48. The van der Waals surface area contributed by atoms with Gasteiger partial charge in [-0.15, -0.1) is 11.3 Å². The number of benzene rings is 2. The molecule has 4 aromatic rings. The van der Waals surface area contributed by atoms with Gasteiger partial charge in [0.15, 0.2) is 4.96 Å². The van der Waals surface area contributed by atoms with Gasteiger partial charge in [0.2, 0.25) is 5.91 Å². The summed E-state index contributed by atoms with van der Waals surface area (Å²) in [5.74, 6) is -0.348. The summed E-state index contributed by atoms with van der Waals surface area (Å²) in [4.78, 5) is 17.8. The van der Waals surface area contributed by atoms with Crippen molar-refractivity contribution in [3.05, 3.63) is 77.2 Å². The molecule has 0 radical (unpaired) electrons. The van der Waals surface area contributed by atoms with Crippen LogP contribution in [0, 0.1) is 12.7 Å². The molecule has 26 heavy (non-hydrogen) atoms. The molecule has 1 amide bonds. The number of anilines is 1. The zero-order chi connectivity index (χ0) is 18.1. The van der Waals surface area contributed by atoms with Gasteiger partial charge in [-0.1, -0.05) is 18.2 Å². The molecule has 0 bridgehead atoms. The standard InChI is InChI=1S/C20H16FN3OS/c1-13-4-2-3-5-17(13)22-19(25)10-16-12-26-20-23-18(11-24(16)20)14-6-8-15(21)9-7-14/h2-9,11-12H,10H2,1H3,(H,22,25). The van der Waals surface area contributed by atoms with Crippen molar-refractivity contribution in [1.29, 1.82) is 0 Å². The average molecular weight is 365 g/mol. The summed E-state index contributed by atoms with van der Waals surface area (Å²) in [5.41, 5.74) is 4.33. The molecule has 0 fully saturated rings. The Morgan fingerprint density at radius 2 is 1.96 bits per heavy atom. The summed E-state index contributed by atoms with van der Waals surface area (Å²) in [7, 11) is 0. The number of thiazole rings is 1. The molecule has 4 nitrogen and oxygen atoms in total. The molecule has 0 unspecified atom stereocenters. The summed E-state index contributed by atoms with van der Waals surface area (Å²) in [5, 5.41) is 4.89. The molecule has 0 aliphatic carbocycles. The number of para-hydroxylation sites is 1. The van der Waals surface area contributed by atoms with E-state index in [-0.39, 0.29) is 18.1 Å². The predicted octanol–water partition coefficient (Wildman–Crippen LogP) is 4.69. The number of aryl methyl sites for hydroxylation is 1. The lowest BCUT2D eigenvalue weighted by Gasteiger charge is -2.07. The van der Waals surface area contributed by atoms with Gasteiger partial charge >= 0.3 is 0 Å². The Bertz CT molecular complexity index is 1080. The number of amides is 1. The van der Waals surface area contributed by atoms with Crippen LogP contribution in [0.4, 0.5) is 10.1 Å². The summed E-state index contributed by atoms with van der Waals surface area (Å²) in [6.45, 7) is 1.96. The molecule has 0 atom stereocenters. The molecule has 0 saturated carbocycles. The van der Waals surface area contributed by atoms with Gasteiger partial charge < -0.3 is 5.32 Å². The number of aromatic nitrogens is 2. The quantitative estimate of drug-likeness (QED) is 0.570. The molecule has 1 N–H and O–H groups in total. The van der Waals surface area contributed by atoms with Crippen LogP contribution in [-0.4, -0.2) is 15.3 Å². The van der Waals surface area contributed by atoms with Crippen LogP contribution in [0.3, 0.4) is 0 Å². The number of nitrogens with zero attached hydrogens (tertiary/aromatic N) is 2. The van der Waals surface area contributed by atoms with Crippen LogP contribution in [0.2, 0.25) is 0 Å². The van der Waals surface area contributed by atoms with E-state index in [4.69, 9.17) is 0 Å². The van der Waals surface area contributed by atoms with Crippen LogP contribution in [0.1, 0.15) is 11.3 Å². The summed E-state index contributed by atoms with van der Waals surface area (Å²) in [6, 6.07) is 13.9. The highest BCUT2D eigenvalue weighted by atomic mass is 32.1. The largest absolute Gasteiger partial charge is 0.326 e. The van der Waals surface area contributed by atoms with Crippen molar-refractivity contribution in [2.45, 2.75) is 13.3 Å². The Hall–Kier alpha value is -2.99. The fourth-order valence-corrected chi connectivity index (χ4v) is 3.66. The number of carbonyl (C=O) groups is 1. The van der Waals surface area contributed by atoms with E-state index < -0.39 is 0 Å². The van der Waals surface area contributed by atoms with Crippen molar-refractivity contribution in [3.8, 4) is 11.3 Å². The van der Waals surface area contributed by atoms with E-state index >= 15 is 0 Å². The van der Waals surface area contributed by atoms with Gasteiger partial charge in [0.1, 0.15) is 5.82 Å². The van der Waals surface area contributed by atoms with Crippen molar-refractivity contribution >= 4 is 27.9 Å². The van der Waals surface area contributed by atoms with Gasteiger partial charge in [-0.3, -0.25) is 9.20 Å². The lowest BCUT2D eigenvalue weighted by Crippen LogP contribution is -2.15. The van der Waals surface area contributed by atoms with Crippen LogP contribution >= 0.6 is 11.3 Å². The first-order valence-corrected chi connectivity index (χ1v) is 9.05. The van der Waals surface area contributed by atoms with E-state index in [1.807, 2.05) is 47.2 Å². The number of rotatable bonds is 4. The first kappa shape index (κ1) is 16.5. The SMILES string of the molecule is Cc1ccccc1NC(=O)Cc1csc2nc(-c3ccc(F)cc3)cn12. The van der Waals surface area contributed by atoms with Crippen molar-refractivity contribution < 1.29 is 9.18 Å². The van der Waals surface area contributed by atoms with Gasteiger partial charge in [0.05, 0.1) is 12.1 Å². The fourth-order valence-electron chi connectivity index (χ4n) is 2.79. The normalized spacial score (nSPS) is 11.0. The average Bonchev–Trinajstić information content (AvgIpc) is 3.20. The second-order valence-electron chi connectivity index (χ2n) is 6.05. The maximum absolute atomic E-state index is 13.1. The van der Waals surface area contributed by atoms with Crippen LogP contribution in [0.5, 0.6) is 0 Å². The van der Waals surface area contributed by atoms with Gasteiger partial charge in [0.25, 0.3) is 0 Å². The maximum Gasteiger partial charge on any atom is 0.230 e. The number of halogens is 1. The van der Waals surface area contributed by atoms with Crippen LogP contribution in [0.15, 0.2) is 60.1 Å². The molecule has 6 heteroatoms. The van der Waals surface area contributed by atoms with Gasteiger partial charge in [0, 0.05) is 28.5 Å². The monoisotopic (exact) mass is 365 g/mol. The van der Waals surface area contributed by atoms with E-state index in [2.05, 4.69) is 10.3 Å². The number of hydrogen-bond acceptors (Lipinski definition) is 3. The van der Waals surface area contributed by atoms with Crippen LogP contribution < -0.4 is 5.32 Å². The van der Waals surface area contributed by atoms with Crippen molar-refractivity contribution in [1.82, 2.24) is 9.38 Å². The third kappa shape index (κ3) is 3.23. The van der Waals surface area contributed by atoms with E-state index in [9.17, 15) is 9.18 Å². The number of hydrogen-bond donors (Lipinski definition) is 1. The lowest BCUT2D eigenvalue weighted by atomic mass is 10.2. The van der Waals surface area contributed by atoms with E-state index in [0.717, 1.165) is 33.2 Å². The van der Waals surface area contributed by atoms with Crippen molar-refractivity contribution in [2.24, 2.45) is 0 Å². The molecular weight excluding hydrogens is 349 g/mol. The lowest BCUT2D eigenvalue weighted by molar-refractivity contribution is -0.115. The maximum atomic E-state index is 13.1. The molecule has 0 saturated heterocycles. The number of fused-ring (bicyclic) bond motifs is 1. The third-order valence-electron chi connectivity index (χ3n) is 4.18. The molecule has 2 aromatic carbocycles. The molecule has 0 aliphatic heterocycles. The second-order valence-corrected chi connectivity index (χ2v) is 6.89. The minimum atomic E-state index is -0.275. The zero-order valence-electron chi connectivity index (χ0n) is 14.1. The Morgan fingerprint density at radius 3 is 2.73 bits per heavy atom. The second kappa shape index (κ2) is 6.72. The van der Waals surface area contributed by atoms with Crippen molar-refractivity contribution in [2.75, 3.05) is 5.32 Å². The Kier molecular flexibility index (Phi) is 4.26. The van der Waals surface area contributed by atoms with E-state index in [1.165, 1.54) is 23.5 Å². The highest BCUT2D eigenvalue weighted by molar-refractivity contribution is 7.15. The highest BCUT2D eigenvalue weighted by Gasteiger charge is 2.13. The molecule has 0 spiro atoms. The zero-order valence-corrected chi connectivity index (χ0v) is 14.9. The minimum absolute atomic E-state index is 0.0731. The summed E-state index contributed by atoms with van der Waals surface area (Å²) < 4.78 is 15.0. The molecule has 130 valence electrons. The number of imidazole rings is 1. The Balaban J connectivity index is 1.56. The number of carbonyl (C=O) groups excluding carboxylic acids is 1. The first-order valence-electron chi connectivity index (χ1n) is 8.17. The molecule has 2 heterocycles. The van der Waals surface area contributed by atoms with Gasteiger partial charge in [-0.2, -0.15) is 0 Å². The Morgan fingerprint density at radius 1 is 1.19 bits per heavy atom. The van der Waals surface area contributed by atoms with Crippen LogP contribution in [0.25, 0.3) is 16.2 Å². The topological polar surface area (TPSA) is 46.4 Å². The van der Waals surface area contributed by atoms with Crippen molar-refractivity contribution in [3.63, 3.8) is 0 Å². The molecule has 0 aliphatic rings. The minimum Gasteiger partial charge on any atom is -0.326 e. The van der Waals surface area contributed by atoms with E-state index in [0.29, 0.717) is 0 Å². The highest BCUT2D eigenvalue weighted by Crippen LogP contribution is 2.24. The first-order chi connectivity index (χ1) is 12.6. The predicted molar refractivity (Wildman–Crippen MR) is 102 cm³/mol. The number of nitrogens with one attached hydrogen (secondary N) is 1. The van der Waals surface area contributed by atoms with Crippen LogP contribution in [-0.2, 0) is 11.2 Å². The van der Waals surface area contributed by atoms with E-state index in [1.54, 1.807) is 12.1 Å². The smallest absolute Gasteiger partial charge is 0.230 e. The fraction of sp³-hybridized carbons (Fsp3) is 0.100. The summed E-state index contributed by atoms with van der Waals surface area (Å²) in [6.07, 6.45) is 2.14. The molecule has 2 aromatic heterocycles. The van der Waals surface area contributed by atoms with Gasteiger partial charge in [-0.25, -0.2) is 9.37 Å². The Labute approximate surface area is 153 Å². The molecule has 4 rings (SSSR count). The third-order valence-corrected chi connectivity index (χ3v) is 5.07.